The first-order chi connectivity index (χ1) is 25.8. The van der Waals surface area contributed by atoms with Crippen molar-refractivity contribution < 1.29 is 37.9 Å². The van der Waals surface area contributed by atoms with Crippen LogP contribution in [0.1, 0.15) is 168 Å². The van der Waals surface area contributed by atoms with Gasteiger partial charge >= 0.3 is 13.8 Å². The fourth-order valence-corrected chi connectivity index (χ4v) is 6.24. The molecule has 10 heteroatoms. The van der Waals surface area contributed by atoms with Crippen LogP contribution in [-0.2, 0) is 27.9 Å². The van der Waals surface area contributed by atoms with Crippen molar-refractivity contribution >= 4 is 13.8 Å². The molecule has 0 aromatic rings. The van der Waals surface area contributed by atoms with Crippen LogP contribution in [-0.4, -0.2) is 54.5 Å². The van der Waals surface area contributed by atoms with Crippen LogP contribution in [0, 0.1) is 0 Å². The van der Waals surface area contributed by atoms with Crippen molar-refractivity contribution in [3.05, 3.63) is 60.9 Å². The summed E-state index contributed by atoms with van der Waals surface area (Å²) in [5, 5.41) is 9.89. The van der Waals surface area contributed by atoms with Crippen LogP contribution in [0.3, 0.4) is 0 Å². The fourth-order valence-electron chi connectivity index (χ4n) is 5.48. The Balaban J connectivity index is 4.26. The number of ether oxygens (including phenoxy) is 2. The molecular formula is C43H78NO8P. The summed E-state index contributed by atoms with van der Waals surface area (Å²) in [7, 11) is -4.32. The number of phosphoric acid groups is 1. The van der Waals surface area contributed by atoms with Gasteiger partial charge in [0.2, 0.25) is 0 Å². The van der Waals surface area contributed by atoms with Gasteiger partial charge in [-0.05, 0) is 51.0 Å². The molecule has 3 atom stereocenters. The number of carbonyl (C=O) groups excluding carboxylic acids is 1. The lowest BCUT2D eigenvalue weighted by atomic mass is 10.0. The summed E-state index contributed by atoms with van der Waals surface area (Å²) >= 11 is 0. The Kier molecular flexibility index (Phi) is 38.2. The highest BCUT2D eigenvalue weighted by atomic mass is 31.2. The molecule has 53 heavy (non-hydrogen) atoms. The number of unbranched alkanes of at least 4 members (excludes halogenated alkanes) is 17. The summed E-state index contributed by atoms with van der Waals surface area (Å²) in [6, 6.07) is 0. The van der Waals surface area contributed by atoms with Crippen molar-refractivity contribution in [2.75, 3.05) is 26.4 Å². The average Bonchev–Trinajstić information content (AvgIpc) is 3.14. The normalized spacial score (nSPS) is 14.7. The minimum atomic E-state index is -4.32. The first kappa shape index (κ1) is 51.0. The number of allylic oxidation sites excluding steroid dienone is 8. The Morgan fingerprint density at radius 1 is 0.679 bits per heavy atom. The first-order valence-corrected chi connectivity index (χ1v) is 22.4. The van der Waals surface area contributed by atoms with Gasteiger partial charge in [0.05, 0.1) is 25.6 Å². The average molecular weight is 768 g/mol. The second-order valence-corrected chi connectivity index (χ2v) is 15.2. The molecule has 0 saturated heterocycles. The maximum atomic E-state index is 12.5. The van der Waals surface area contributed by atoms with Crippen LogP contribution in [0.5, 0.6) is 0 Å². The van der Waals surface area contributed by atoms with Gasteiger partial charge in [-0.15, -0.1) is 0 Å². The first-order valence-electron chi connectivity index (χ1n) is 20.9. The van der Waals surface area contributed by atoms with Crippen molar-refractivity contribution in [3.63, 3.8) is 0 Å². The molecule has 0 amide bonds. The zero-order valence-electron chi connectivity index (χ0n) is 33.6. The van der Waals surface area contributed by atoms with E-state index in [0.717, 1.165) is 57.8 Å². The van der Waals surface area contributed by atoms with E-state index in [9.17, 15) is 19.4 Å². The molecule has 0 heterocycles. The number of nitrogens with two attached hydrogens (primary N) is 1. The number of aliphatic hydroxyl groups is 1. The van der Waals surface area contributed by atoms with Crippen LogP contribution in [0.15, 0.2) is 60.9 Å². The van der Waals surface area contributed by atoms with Gasteiger partial charge in [0, 0.05) is 13.0 Å². The predicted molar refractivity (Wildman–Crippen MR) is 220 cm³/mol. The molecule has 0 aliphatic rings. The molecule has 0 fully saturated rings. The molecule has 0 spiro atoms. The van der Waals surface area contributed by atoms with Gasteiger partial charge in [0.25, 0.3) is 0 Å². The van der Waals surface area contributed by atoms with E-state index in [4.69, 9.17) is 24.3 Å². The minimum Gasteiger partial charge on any atom is -0.498 e. The van der Waals surface area contributed by atoms with Crippen molar-refractivity contribution in [1.29, 1.82) is 0 Å². The lowest BCUT2D eigenvalue weighted by molar-refractivity contribution is -0.153. The van der Waals surface area contributed by atoms with Crippen LogP contribution >= 0.6 is 7.82 Å². The molecule has 0 aliphatic heterocycles. The lowest BCUT2D eigenvalue weighted by Crippen LogP contribution is -2.27. The topological polar surface area (TPSA) is 138 Å². The van der Waals surface area contributed by atoms with E-state index in [1.165, 1.54) is 83.5 Å². The molecule has 9 nitrogen and oxygen atoms in total. The highest BCUT2D eigenvalue weighted by molar-refractivity contribution is 7.47. The van der Waals surface area contributed by atoms with Crippen LogP contribution in [0.4, 0.5) is 0 Å². The van der Waals surface area contributed by atoms with Crippen molar-refractivity contribution in [3.8, 4) is 0 Å². The Morgan fingerprint density at radius 2 is 1.25 bits per heavy atom. The quantitative estimate of drug-likeness (QED) is 0.0139. The lowest BCUT2D eigenvalue weighted by Gasteiger charge is -2.19. The Bertz CT molecular complexity index is 1010. The molecule has 0 saturated carbocycles. The van der Waals surface area contributed by atoms with Gasteiger partial charge in [-0.2, -0.15) is 0 Å². The summed E-state index contributed by atoms with van der Waals surface area (Å²) in [6.07, 6.45) is 45.2. The summed E-state index contributed by atoms with van der Waals surface area (Å²) in [4.78, 5) is 22.4. The van der Waals surface area contributed by atoms with Crippen molar-refractivity contribution in [1.82, 2.24) is 0 Å². The third-order valence-corrected chi connectivity index (χ3v) is 9.59. The van der Waals surface area contributed by atoms with E-state index < -0.39 is 19.9 Å². The number of phosphoric ester groups is 1. The van der Waals surface area contributed by atoms with E-state index in [-0.39, 0.29) is 38.9 Å². The van der Waals surface area contributed by atoms with Gasteiger partial charge in [-0.3, -0.25) is 13.8 Å². The van der Waals surface area contributed by atoms with Gasteiger partial charge < -0.3 is 25.2 Å². The van der Waals surface area contributed by atoms with Crippen LogP contribution < -0.4 is 5.73 Å². The molecule has 308 valence electrons. The van der Waals surface area contributed by atoms with Crippen LogP contribution in [0.2, 0.25) is 0 Å². The number of hydrogen-bond donors (Lipinski definition) is 3. The third kappa shape index (κ3) is 39.5. The van der Waals surface area contributed by atoms with E-state index >= 15 is 0 Å². The summed E-state index contributed by atoms with van der Waals surface area (Å²) in [6.45, 7) is 4.03. The number of carbonyl (C=O) groups is 1. The molecule has 0 aromatic heterocycles. The molecular weight excluding hydrogens is 689 g/mol. The third-order valence-electron chi connectivity index (χ3n) is 8.61. The molecule has 0 aromatic carbocycles. The number of aliphatic hydroxyl groups excluding tert-OH is 1. The fraction of sp³-hybridized carbons (Fsp3) is 0.744. The number of rotatable bonds is 39. The van der Waals surface area contributed by atoms with Gasteiger partial charge in [0.1, 0.15) is 6.61 Å². The van der Waals surface area contributed by atoms with Gasteiger partial charge in [-0.1, -0.05) is 165 Å². The van der Waals surface area contributed by atoms with E-state index in [1.807, 2.05) is 30.4 Å². The number of hydrogen-bond acceptors (Lipinski definition) is 8. The van der Waals surface area contributed by atoms with Gasteiger partial charge in [0.15, 0.2) is 6.10 Å². The second kappa shape index (κ2) is 39.7. The smallest absolute Gasteiger partial charge is 0.472 e. The maximum absolute atomic E-state index is 12.5. The second-order valence-electron chi connectivity index (χ2n) is 13.8. The Morgan fingerprint density at radius 3 is 1.89 bits per heavy atom. The zero-order chi connectivity index (χ0) is 38.9. The minimum absolute atomic E-state index is 0.00339. The molecule has 4 N–H and O–H groups in total. The highest BCUT2D eigenvalue weighted by Gasteiger charge is 2.25. The highest BCUT2D eigenvalue weighted by Crippen LogP contribution is 2.43. The monoisotopic (exact) mass is 768 g/mol. The zero-order valence-corrected chi connectivity index (χ0v) is 34.5. The molecule has 0 radical (unpaired) electrons. The molecule has 0 aliphatic carbocycles. The molecule has 1 unspecified atom stereocenters. The predicted octanol–water partition coefficient (Wildman–Crippen LogP) is 11.5. The molecule has 0 bridgehead atoms. The van der Waals surface area contributed by atoms with Crippen molar-refractivity contribution in [2.24, 2.45) is 5.73 Å². The number of esters is 1. The van der Waals surface area contributed by atoms with Crippen molar-refractivity contribution in [2.45, 2.75) is 180 Å². The summed E-state index contributed by atoms with van der Waals surface area (Å²) in [5.41, 5.74) is 5.35. The van der Waals surface area contributed by atoms with E-state index in [0.29, 0.717) is 6.42 Å². The standard InChI is InChI=1S/C43H78NO8P/c1-3-5-7-8-9-10-11-12-13-14-15-19-22-25-28-32-37-49-39-42(40-51-53(47,48)50-38-36-44)52-43(46)35-31-27-24-21-18-16-17-20-23-26-30-34-41(45)33-29-6-4-2/h16-17,21,23-24,26,30,32,34,37,41-42,45H,3-15,18-20,22,25,27-29,31,33,35-36,38-40,44H2,1-2H3,(H,47,48)/b17-16-,24-21-,26-23-,34-30+,37-32+/t41-,42+/m0/s1. The largest absolute Gasteiger partial charge is 0.498 e. The Labute approximate surface area is 324 Å². The van der Waals surface area contributed by atoms with E-state index in [2.05, 4.69) is 38.2 Å². The Hall–Kier alpha value is -2.00. The summed E-state index contributed by atoms with van der Waals surface area (Å²) < 4.78 is 33.0. The van der Waals surface area contributed by atoms with Crippen LogP contribution in [0.25, 0.3) is 0 Å². The maximum Gasteiger partial charge on any atom is 0.472 e. The SMILES string of the molecule is CCCCCCCCCCCCCCCC/C=C/OC[C@H](COP(=O)(O)OCCN)OC(=O)CCC/C=C\C/C=C\C/C=C\C=C\[C@@H](O)CCCCC. The van der Waals surface area contributed by atoms with E-state index in [1.54, 1.807) is 6.26 Å². The summed E-state index contributed by atoms with van der Waals surface area (Å²) in [5.74, 6) is -0.424. The van der Waals surface area contributed by atoms with Gasteiger partial charge in [-0.25, -0.2) is 4.57 Å². The molecule has 0 rings (SSSR count).